The van der Waals surface area contributed by atoms with Crippen molar-refractivity contribution < 1.29 is 9.13 Å². The predicted molar refractivity (Wildman–Crippen MR) is 62.8 cm³/mol. The Bertz CT molecular complexity index is 341. The van der Waals surface area contributed by atoms with Crippen LogP contribution in [-0.2, 0) is 5.67 Å². The molecule has 4 heteroatoms. The summed E-state index contributed by atoms with van der Waals surface area (Å²) in [5, 5.41) is 0. The van der Waals surface area contributed by atoms with E-state index in [0.717, 1.165) is 4.47 Å². The molecule has 0 bridgehead atoms. The predicted octanol–water partition coefficient (Wildman–Crippen LogP) is 2.99. The number of nitrogens with two attached hydrogens (primary N) is 1. The number of halogens is 2. The third-order valence-corrected chi connectivity index (χ3v) is 2.84. The molecule has 2 nitrogen and oxygen atoms in total. The Morgan fingerprint density at radius 1 is 1.53 bits per heavy atom. The van der Waals surface area contributed by atoms with Gasteiger partial charge in [0.05, 0.1) is 11.1 Å². The molecule has 84 valence electrons. The lowest BCUT2D eigenvalue weighted by molar-refractivity contribution is 0.203. The van der Waals surface area contributed by atoms with Crippen molar-refractivity contribution in [1.82, 2.24) is 0 Å². The normalized spacial score (nSPS) is 14.7. The summed E-state index contributed by atoms with van der Waals surface area (Å²) >= 11 is 3.34. The van der Waals surface area contributed by atoms with Crippen LogP contribution in [0.3, 0.4) is 0 Å². The van der Waals surface area contributed by atoms with Crippen LogP contribution in [-0.4, -0.2) is 13.2 Å². The highest BCUT2D eigenvalue weighted by Crippen LogP contribution is 2.32. The minimum absolute atomic E-state index is 0.0343. The molecule has 0 aromatic heterocycles. The molecular weight excluding hydrogens is 261 g/mol. The first-order valence-electron chi connectivity index (χ1n) is 4.83. The summed E-state index contributed by atoms with van der Waals surface area (Å²) in [5.41, 5.74) is 4.43. The summed E-state index contributed by atoms with van der Waals surface area (Å²) in [6.07, 6.45) is 0. The topological polar surface area (TPSA) is 35.2 Å². The molecule has 2 N–H and O–H groups in total. The molecule has 1 aromatic rings. The third-order valence-electron chi connectivity index (χ3n) is 2.22. The van der Waals surface area contributed by atoms with Crippen molar-refractivity contribution in [3.8, 4) is 5.75 Å². The lowest BCUT2D eigenvalue weighted by Gasteiger charge is -2.19. The fraction of sp³-hybridized carbons (Fsp3) is 0.455. The minimum Gasteiger partial charge on any atom is -0.493 e. The summed E-state index contributed by atoms with van der Waals surface area (Å²) in [6.45, 7) is 3.92. The van der Waals surface area contributed by atoms with Gasteiger partial charge in [0.15, 0.2) is 0 Å². The van der Waals surface area contributed by atoms with Crippen molar-refractivity contribution in [2.24, 2.45) is 5.73 Å². The minimum atomic E-state index is -1.49. The number of benzene rings is 1. The van der Waals surface area contributed by atoms with Crippen LogP contribution in [0.15, 0.2) is 22.7 Å². The zero-order valence-electron chi connectivity index (χ0n) is 8.89. The fourth-order valence-electron chi connectivity index (χ4n) is 1.22. The molecule has 0 aliphatic heterocycles. The van der Waals surface area contributed by atoms with Crippen molar-refractivity contribution in [3.05, 3.63) is 28.2 Å². The summed E-state index contributed by atoms with van der Waals surface area (Å²) in [6, 6.07) is 5.15. The van der Waals surface area contributed by atoms with Gasteiger partial charge in [-0.25, -0.2) is 4.39 Å². The Morgan fingerprint density at radius 3 is 2.67 bits per heavy atom. The van der Waals surface area contributed by atoms with Crippen molar-refractivity contribution in [2.75, 3.05) is 13.2 Å². The number of ether oxygens (including phenoxy) is 1. The summed E-state index contributed by atoms with van der Waals surface area (Å²) < 4.78 is 19.9. The lowest BCUT2D eigenvalue weighted by Crippen LogP contribution is -2.26. The smallest absolute Gasteiger partial charge is 0.145 e. The van der Waals surface area contributed by atoms with E-state index in [1.54, 1.807) is 18.2 Å². The SMILES string of the molecule is CCOc1ccc(C(C)(F)CN)cc1Br. The Balaban J connectivity index is 3.01. The molecule has 0 radical (unpaired) electrons. The van der Waals surface area contributed by atoms with Crippen molar-refractivity contribution >= 4 is 15.9 Å². The van der Waals surface area contributed by atoms with Crippen LogP contribution in [0.25, 0.3) is 0 Å². The quantitative estimate of drug-likeness (QED) is 0.917. The number of hydrogen-bond donors (Lipinski definition) is 1. The Labute approximate surface area is 97.7 Å². The van der Waals surface area contributed by atoms with Gasteiger partial charge in [0, 0.05) is 6.54 Å². The Morgan fingerprint density at radius 2 is 2.20 bits per heavy atom. The molecule has 0 saturated carbocycles. The molecule has 15 heavy (non-hydrogen) atoms. The maximum absolute atomic E-state index is 13.9. The van der Waals surface area contributed by atoms with Gasteiger partial charge < -0.3 is 10.5 Å². The van der Waals surface area contributed by atoms with E-state index in [0.29, 0.717) is 17.9 Å². The van der Waals surface area contributed by atoms with Gasteiger partial charge in [0.25, 0.3) is 0 Å². The summed E-state index contributed by atoms with van der Waals surface area (Å²) in [7, 11) is 0. The zero-order chi connectivity index (χ0) is 11.5. The molecular formula is C11H15BrFNO. The van der Waals surface area contributed by atoms with Crippen molar-refractivity contribution in [3.63, 3.8) is 0 Å². The largest absolute Gasteiger partial charge is 0.493 e. The first-order chi connectivity index (χ1) is 7.01. The third kappa shape index (κ3) is 2.92. The van der Waals surface area contributed by atoms with E-state index in [9.17, 15) is 4.39 Å². The van der Waals surface area contributed by atoms with Crippen LogP contribution in [0, 0.1) is 0 Å². The van der Waals surface area contributed by atoms with E-state index in [-0.39, 0.29) is 6.54 Å². The number of rotatable bonds is 4. The first kappa shape index (κ1) is 12.5. The molecule has 0 saturated heterocycles. The van der Waals surface area contributed by atoms with Crippen molar-refractivity contribution in [1.29, 1.82) is 0 Å². The number of hydrogen-bond acceptors (Lipinski definition) is 2. The van der Waals surface area contributed by atoms with E-state index in [1.807, 2.05) is 6.92 Å². The zero-order valence-corrected chi connectivity index (χ0v) is 10.5. The number of alkyl halides is 1. The molecule has 0 aliphatic rings. The molecule has 0 aliphatic carbocycles. The highest BCUT2D eigenvalue weighted by atomic mass is 79.9. The van der Waals surface area contributed by atoms with Gasteiger partial charge in [-0.05, 0) is 47.5 Å². The molecule has 0 heterocycles. The Kier molecular flexibility index (Phi) is 4.11. The van der Waals surface area contributed by atoms with Crippen molar-refractivity contribution in [2.45, 2.75) is 19.5 Å². The average molecular weight is 276 g/mol. The molecule has 1 rings (SSSR count). The standard InChI is InChI=1S/C11H15BrFNO/c1-3-15-10-5-4-8(6-9(10)12)11(2,13)7-14/h4-6H,3,7,14H2,1-2H3. The van der Waals surface area contributed by atoms with E-state index in [2.05, 4.69) is 15.9 Å². The second kappa shape index (κ2) is 4.94. The van der Waals surface area contributed by atoms with Crippen LogP contribution in [0.4, 0.5) is 4.39 Å². The Hall–Kier alpha value is -0.610. The molecule has 1 unspecified atom stereocenters. The summed E-state index contributed by atoms with van der Waals surface area (Å²) in [5.74, 6) is 0.717. The van der Waals surface area contributed by atoms with E-state index in [4.69, 9.17) is 10.5 Å². The van der Waals surface area contributed by atoms with Crippen LogP contribution < -0.4 is 10.5 Å². The second-order valence-electron chi connectivity index (χ2n) is 3.48. The maximum atomic E-state index is 13.9. The van der Waals surface area contributed by atoms with Gasteiger partial charge in [-0.15, -0.1) is 0 Å². The molecule has 1 atom stereocenters. The fourth-order valence-corrected chi connectivity index (χ4v) is 1.71. The molecule has 0 spiro atoms. The molecule has 0 amide bonds. The van der Waals surface area contributed by atoms with Gasteiger partial charge in [-0.2, -0.15) is 0 Å². The van der Waals surface area contributed by atoms with E-state index < -0.39 is 5.67 Å². The lowest BCUT2D eigenvalue weighted by atomic mass is 9.98. The van der Waals surface area contributed by atoms with E-state index >= 15 is 0 Å². The van der Waals surface area contributed by atoms with Crippen LogP contribution >= 0.6 is 15.9 Å². The second-order valence-corrected chi connectivity index (χ2v) is 4.33. The van der Waals surface area contributed by atoms with Crippen LogP contribution in [0.2, 0.25) is 0 Å². The average Bonchev–Trinajstić information content (AvgIpc) is 2.21. The van der Waals surface area contributed by atoms with Gasteiger partial charge in [-0.3, -0.25) is 0 Å². The van der Waals surface area contributed by atoms with Gasteiger partial charge in [0.2, 0.25) is 0 Å². The molecule has 1 aromatic carbocycles. The monoisotopic (exact) mass is 275 g/mol. The van der Waals surface area contributed by atoms with Crippen LogP contribution in [0.1, 0.15) is 19.4 Å². The highest BCUT2D eigenvalue weighted by molar-refractivity contribution is 9.10. The van der Waals surface area contributed by atoms with Gasteiger partial charge >= 0.3 is 0 Å². The van der Waals surface area contributed by atoms with Gasteiger partial charge in [-0.1, -0.05) is 6.07 Å². The molecule has 0 fully saturated rings. The van der Waals surface area contributed by atoms with Crippen LogP contribution in [0.5, 0.6) is 5.75 Å². The van der Waals surface area contributed by atoms with E-state index in [1.165, 1.54) is 6.92 Å². The first-order valence-corrected chi connectivity index (χ1v) is 5.62. The maximum Gasteiger partial charge on any atom is 0.145 e. The van der Waals surface area contributed by atoms with Gasteiger partial charge in [0.1, 0.15) is 11.4 Å². The highest BCUT2D eigenvalue weighted by Gasteiger charge is 2.24. The summed E-state index contributed by atoms with van der Waals surface area (Å²) in [4.78, 5) is 0.